The summed E-state index contributed by atoms with van der Waals surface area (Å²) in [6.45, 7) is 4.18. The molecule has 4 N–H and O–H groups in total. The van der Waals surface area contributed by atoms with E-state index in [1.807, 2.05) is 11.8 Å². The Labute approximate surface area is 170 Å². The number of morpholine rings is 1. The van der Waals surface area contributed by atoms with E-state index >= 15 is 0 Å². The predicted octanol–water partition coefficient (Wildman–Crippen LogP) is 2.45. The summed E-state index contributed by atoms with van der Waals surface area (Å²) in [6.07, 6.45) is 5.12. The predicted molar refractivity (Wildman–Crippen MR) is 115 cm³/mol. The van der Waals surface area contributed by atoms with E-state index in [0.717, 1.165) is 17.6 Å². The van der Waals surface area contributed by atoms with Crippen molar-refractivity contribution in [1.29, 1.82) is 0 Å². The third-order valence-electron chi connectivity index (χ3n) is 4.54. The van der Waals surface area contributed by atoms with Crippen LogP contribution in [0, 0.1) is 0 Å². The van der Waals surface area contributed by atoms with Crippen molar-refractivity contribution < 1.29 is 9.47 Å². The van der Waals surface area contributed by atoms with Crippen LogP contribution < -0.4 is 21.1 Å². The van der Waals surface area contributed by atoms with E-state index in [0.29, 0.717) is 42.1 Å². The van der Waals surface area contributed by atoms with Crippen LogP contribution in [0.2, 0.25) is 0 Å². The molecule has 1 aliphatic carbocycles. The first-order chi connectivity index (χ1) is 13.5. The van der Waals surface area contributed by atoms with Crippen molar-refractivity contribution in [2.24, 2.45) is 0 Å². The molecule has 3 heterocycles. The molecule has 0 amide bonds. The van der Waals surface area contributed by atoms with E-state index < -0.39 is 0 Å². The van der Waals surface area contributed by atoms with Gasteiger partial charge in [0.2, 0.25) is 5.88 Å². The average molecular weight is 405 g/mol. The molecule has 1 atom stereocenters. The SMILES string of the molecule is COc1cc(-c2nc(N)cc(N3CCOCC3C)n2)cc(N)n1.CSC1CC1. The molecule has 152 valence electrons. The molecule has 0 radical (unpaired) electrons. The Morgan fingerprint density at radius 2 is 1.89 bits per heavy atom. The number of hydrogen-bond donors (Lipinski definition) is 2. The largest absolute Gasteiger partial charge is 0.481 e. The molecule has 1 saturated carbocycles. The number of rotatable bonds is 4. The molecule has 2 aromatic rings. The topological polar surface area (TPSA) is 112 Å². The molecule has 2 aromatic heterocycles. The fourth-order valence-electron chi connectivity index (χ4n) is 2.86. The van der Waals surface area contributed by atoms with Crippen molar-refractivity contribution in [3.63, 3.8) is 0 Å². The molecule has 1 unspecified atom stereocenters. The smallest absolute Gasteiger partial charge is 0.215 e. The van der Waals surface area contributed by atoms with Crippen LogP contribution in [-0.2, 0) is 4.74 Å². The molecule has 2 aliphatic rings. The first-order valence-corrected chi connectivity index (χ1v) is 10.6. The standard InChI is InChI=1S/C15H20N6O2.C4H8S/c1-9-8-23-4-3-21(9)13-7-12(17)19-15(20-13)10-5-11(16)18-14(6-10)22-2;1-5-4-2-3-4/h5-7,9H,3-4,8H2,1-2H3,(H2,16,18)(H2,17,19,20);4H,2-3H2,1H3. The van der Waals surface area contributed by atoms with Crippen LogP contribution in [0.5, 0.6) is 5.88 Å². The van der Waals surface area contributed by atoms with Gasteiger partial charge >= 0.3 is 0 Å². The molecule has 2 fully saturated rings. The van der Waals surface area contributed by atoms with Gasteiger partial charge in [-0.25, -0.2) is 9.97 Å². The minimum atomic E-state index is 0.225. The summed E-state index contributed by atoms with van der Waals surface area (Å²) < 4.78 is 10.6. The zero-order valence-electron chi connectivity index (χ0n) is 16.6. The molecule has 1 saturated heterocycles. The lowest BCUT2D eigenvalue weighted by atomic mass is 10.2. The third-order valence-corrected chi connectivity index (χ3v) is 5.68. The Morgan fingerprint density at radius 3 is 2.50 bits per heavy atom. The van der Waals surface area contributed by atoms with Gasteiger partial charge in [-0.3, -0.25) is 0 Å². The number of thioether (sulfide) groups is 1. The maximum Gasteiger partial charge on any atom is 0.215 e. The minimum Gasteiger partial charge on any atom is -0.481 e. The van der Waals surface area contributed by atoms with E-state index in [1.54, 1.807) is 18.2 Å². The number of anilines is 3. The van der Waals surface area contributed by atoms with Crippen LogP contribution in [0.1, 0.15) is 19.8 Å². The van der Waals surface area contributed by atoms with Crippen molar-refractivity contribution in [1.82, 2.24) is 15.0 Å². The highest BCUT2D eigenvalue weighted by molar-refractivity contribution is 7.99. The van der Waals surface area contributed by atoms with Crippen molar-refractivity contribution >= 4 is 29.2 Å². The summed E-state index contributed by atoms with van der Waals surface area (Å²) in [4.78, 5) is 15.2. The van der Waals surface area contributed by atoms with Gasteiger partial charge in [0, 0.05) is 29.5 Å². The molecular formula is C19H28N6O2S. The second kappa shape index (κ2) is 9.29. The Balaban J connectivity index is 0.000000391. The highest BCUT2D eigenvalue weighted by atomic mass is 32.2. The Bertz CT molecular complexity index is 802. The number of nitrogens with two attached hydrogens (primary N) is 2. The lowest BCUT2D eigenvalue weighted by molar-refractivity contribution is 0.0985. The summed E-state index contributed by atoms with van der Waals surface area (Å²) in [5.41, 5.74) is 12.5. The van der Waals surface area contributed by atoms with Crippen LogP contribution in [0.3, 0.4) is 0 Å². The van der Waals surface area contributed by atoms with Crippen LogP contribution in [0.4, 0.5) is 17.5 Å². The number of ether oxygens (including phenoxy) is 2. The highest BCUT2D eigenvalue weighted by Crippen LogP contribution is 2.31. The lowest BCUT2D eigenvalue weighted by Crippen LogP contribution is -2.44. The first kappa shape index (κ1) is 20.5. The van der Waals surface area contributed by atoms with Crippen molar-refractivity contribution in [2.45, 2.75) is 31.1 Å². The van der Waals surface area contributed by atoms with E-state index in [4.69, 9.17) is 20.9 Å². The van der Waals surface area contributed by atoms with Gasteiger partial charge in [-0.05, 0) is 32.1 Å². The average Bonchev–Trinajstić information content (AvgIpc) is 3.52. The summed E-state index contributed by atoms with van der Waals surface area (Å²) >= 11 is 1.99. The van der Waals surface area contributed by atoms with Gasteiger partial charge in [0.25, 0.3) is 0 Å². The number of pyridine rings is 1. The van der Waals surface area contributed by atoms with Crippen LogP contribution in [0.25, 0.3) is 11.4 Å². The second-order valence-electron chi connectivity index (χ2n) is 6.85. The Morgan fingerprint density at radius 1 is 1.14 bits per heavy atom. The maximum absolute atomic E-state index is 5.97. The molecule has 9 heteroatoms. The number of hydrogen-bond acceptors (Lipinski definition) is 9. The van der Waals surface area contributed by atoms with Gasteiger partial charge in [0.15, 0.2) is 5.82 Å². The van der Waals surface area contributed by atoms with Crippen LogP contribution in [0.15, 0.2) is 18.2 Å². The van der Waals surface area contributed by atoms with E-state index in [1.165, 1.54) is 20.0 Å². The van der Waals surface area contributed by atoms with E-state index in [-0.39, 0.29) is 6.04 Å². The first-order valence-electron chi connectivity index (χ1n) is 9.33. The van der Waals surface area contributed by atoms with Gasteiger partial charge in [0.1, 0.15) is 17.5 Å². The molecule has 0 bridgehead atoms. The molecule has 4 rings (SSSR count). The summed E-state index contributed by atoms with van der Waals surface area (Å²) in [7, 11) is 1.53. The summed E-state index contributed by atoms with van der Waals surface area (Å²) in [5.74, 6) is 2.42. The molecule has 1 aliphatic heterocycles. The highest BCUT2D eigenvalue weighted by Gasteiger charge is 2.21. The quantitative estimate of drug-likeness (QED) is 0.793. The van der Waals surface area contributed by atoms with Crippen molar-refractivity contribution in [2.75, 3.05) is 49.5 Å². The van der Waals surface area contributed by atoms with Gasteiger partial charge in [-0.2, -0.15) is 16.7 Å². The number of nitrogens with zero attached hydrogens (tertiary/aromatic N) is 4. The molecular weight excluding hydrogens is 376 g/mol. The van der Waals surface area contributed by atoms with Gasteiger partial charge < -0.3 is 25.8 Å². The van der Waals surface area contributed by atoms with Gasteiger partial charge in [-0.1, -0.05) is 0 Å². The summed E-state index contributed by atoms with van der Waals surface area (Å²) in [5, 5.41) is 1.05. The maximum atomic E-state index is 5.97. The Kier molecular flexibility index (Phi) is 6.79. The lowest BCUT2D eigenvalue weighted by Gasteiger charge is -2.34. The number of nitrogen functional groups attached to an aromatic ring is 2. The molecule has 8 nitrogen and oxygen atoms in total. The molecule has 28 heavy (non-hydrogen) atoms. The van der Waals surface area contributed by atoms with E-state index in [9.17, 15) is 0 Å². The third kappa shape index (κ3) is 5.39. The monoisotopic (exact) mass is 404 g/mol. The summed E-state index contributed by atoms with van der Waals surface area (Å²) in [6, 6.07) is 5.43. The van der Waals surface area contributed by atoms with Gasteiger partial charge in [0.05, 0.1) is 26.4 Å². The van der Waals surface area contributed by atoms with Crippen molar-refractivity contribution in [3.05, 3.63) is 18.2 Å². The fraction of sp³-hybridized carbons (Fsp3) is 0.526. The normalized spacial score (nSPS) is 19.0. The molecule has 0 aromatic carbocycles. The second-order valence-corrected chi connectivity index (χ2v) is 7.99. The number of methoxy groups -OCH3 is 1. The molecule has 0 spiro atoms. The van der Waals surface area contributed by atoms with Crippen LogP contribution in [-0.4, -0.2) is 59.4 Å². The fourth-order valence-corrected chi connectivity index (χ4v) is 3.47. The Hall–Kier alpha value is -2.26. The zero-order valence-corrected chi connectivity index (χ0v) is 17.4. The minimum absolute atomic E-state index is 0.225. The van der Waals surface area contributed by atoms with Crippen molar-refractivity contribution in [3.8, 4) is 17.3 Å². The van der Waals surface area contributed by atoms with Gasteiger partial charge in [-0.15, -0.1) is 0 Å². The zero-order chi connectivity index (χ0) is 20.1. The van der Waals surface area contributed by atoms with Crippen LogP contribution >= 0.6 is 11.8 Å². The van der Waals surface area contributed by atoms with E-state index in [2.05, 4.69) is 33.0 Å². The number of aromatic nitrogens is 3.